The van der Waals surface area contributed by atoms with Crippen LogP contribution in [-0.4, -0.2) is 23.5 Å². The van der Waals surface area contributed by atoms with Gasteiger partial charge in [-0.2, -0.15) is 0 Å². The van der Waals surface area contributed by atoms with E-state index in [1.165, 1.54) is 38.8 Å². The molecule has 0 aromatic rings. The molecule has 0 aromatic carbocycles. The highest BCUT2D eigenvalue weighted by Gasteiger charge is 2.40. The van der Waals surface area contributed by atoms with Gasteiger partial charge in [0, 0.05) is 5.54 Å². The van der Waals surface area contributed by atoms with Gasteiger partial charge in [0.15, 0.2) is 0 Å². The molecule has 14 heavy (non-hydrogen) atoms. The smallest absolute Gasteiger partial charge is 0.0204 e. The molecule has 0 atom stereocenters. The number of hydrogen-bond acceptors (Lipinski definition) is 1. The van der Waals surface area contributed by atoms with E-state index < -0.39 is 0 Å². The van der Waals surface area contributed by atoms with Crippen LogP contribution >= 0.6 is 0 Å². The average Bonchev–Trinajstić information content (AvgIpc) is 2.19. The normalized spacial score (nSPS) is 21.2. The summed E-state index contributed by atoms with van der Waals surface area (Å²) >= 11 is 0. The van der Waals surface area contributed by atoms with E-state index in [1.807, 2.05) is 0 Å². The van der Waals surface area contributed by atoms with E-state index in [4.69, 9.17) is 0 Å². The van der Waals surface area contributed by atoms with E-state index in [0.29, 0.717) is 11.0 Å². The molecule has 84 valence electrons. The van der Waals surface area contributed by atoms with Crippen LogP contribution in [0.15, 0.2) is 0 Å². The highest BCUT2D eigenvalue weighted by molar-refractivity contribution is 4.95. The van der Waals surface area contributed by atoms with Gasteiger partial charge >= 0.3 is 0 Å². The molecule has 1 heteroatoms. The third-order valence-corrected chi connectivity index (χ3v) is 4.69. The topological polar surface area (TPSA) is 3.24 Å². The minimum atomic E-state index is 0.349. The van der Waals surface area contributed by atoms with Crippen LogP contribution < -0.4 is 0 Å². The number of rotatable bonds is 3. The maximum atomic E-state index is 2.69. The van der Waals surface area contributed by atoms with Crippen LogP contribution in [0, 0.1) is 5.41 Å². The molecule has 1 heterocycles. The van der Waals surface area contributed by atoms with Gasteiger partial charge in [0.2, 0.25) is 0 Å². The van der Waals surface area contributed by atoms with Crippen LogP contribution in [0.4, 0.5) is 0 Å². The molecular formula is C13H27N. The van der Waals surface area contributed by atoms with Crippen molar-refractivity contribution in [1.82, 2.24) is 4.90 Å². The summed E-state index contributed by atoms with van der Waals surface area (Å²) in [4.78, 5) is 2.69. The lowest BCUT2D eigenvalue weighted by Crippen LogP contribution is -2.55. The van der Waals surface area contributed by atoms with Crippen molar-refractivity contribution in [3.05, 3.63) is 0 Å². The van der Waals surface area contributed by atoms with Gasteiger partial charge in [-0.1, -0.05) is 27.2 Å². The molecule has 1 aliphatic rings. The van der Waals surface area contributed by atoms with Gasteiger partial charge in [0.05, 0.1) is 0 Å². The fourth-order valence-electron chi connectivity index (χ4n) is 2.31. The number of nitrogens with zero attached hydrogens (tertiary/aromatic N) is 1. The molecule has 0 aliphatic carbocycles. The maximum Gasteiger partial charge on any atom is 0.0204 e. The molecule has 0 N–H and O–H groups in total. The average molecular weight is 197 g/mol. The van der Waals surface area contributed by atoms with E-state index in [1.54, 1.807) is 0 Å². The second-order valence-electron chi connectivity index (χ2n) is 5.84. The molecule has 0 bridgehead atoms. The number of likely N-dealkylation sites (tertiary alicyclic amines) is 1. The lowest BCUT2D eigenvalue weighted by molar-refractivity contribution is -0.00388. The minimum Gasteiger partial charge on any atom is -0.298 e. The van der Waals surface area contributed by atoms with Crippen LogP contribution in [0.5, 0.6) is 0 Å². The second kappa shape index (κ2) is 4.22. The highest BCUT2D eigenvalue weighted by Crippen LogP contribution is 2.39. The summed E-state index contributed by atoms with van der Waals surface area (Å²) in [5.41, 5.74) is 0.770. The lowest BCUT2D eigenvalue weighted by atomic mass is 9.71. The molecule has 1 nitrogen and oxygen atoms in total. The molecule has 0 spiro atoms. The van der Waals surface area contributed by atoms with Crippen molar-refractivity contribution in [1.29, 1.82) is 0 Å². The van der Waals surface area contributed by atoms with Crippen molar-refractivity contribution in [3.63, 3.8) is 0 Å². The van der Waals surface area contributed by atoms with E-state index in [0.717, 1.165) is 0 Å². The first-order valence-corrected chi connectivity index (χ1v) is 6.17. The SMILES string of the molecule is CCC(C)(C)C(C)(C)N1CCCCC1. The highest BCUT2D eigenvalue weighted by atomic mass is 15.2. The molecular weight excluding hydrogens is 170 g/mol. The molecule has 1 saturated heterocycles. The summed E-state index contributed by atoms with van der Waals surface area (Å²) in [6.07, 6.45) is 5.47. The Morgan fingerprint density at radius 3 is 1.86 bits per heavy atom. The second-order valence-corrected chi connectivity index (χ2v) is 5.84. The van der Waals surface area contributed by atoms with Gasteiger partial charge in [-0.25, -0.2) is 0 Å². The summed E-state index contributed by atoms with van der Waals surface area (Å²) in [6.45, 7) is 14.6. The zero-order valence-electron chi connectivity index (χ0n) is 10.7. The van der Waals surface area contributed by atoms with Crippen LogP contribution in [-0.2, 0) is 0 Å². The Hall–Kier alpha value is -0.0400. The summed E-state index contributed by atoms with van der Waals surface area (Å²) in [5.74, 6) is 0. The third kappa shape index (κ3) is 2.13. The van der Waals surface area contributed by atoms with Crippen molar-refractivity contribution in [2.24, 2.45) is 5.41 Å². The monoisotopic (exact) mass is 197 g/mol. The first-order chi connectivity index (χ1) is 6.42. The van der Waals surface area contributed by atoms with E-state index in [9.17, 15) is 0 Å². The molecule has 0 aromatic heterocycles. The van der Waals surface area contributed by atoms with E-state index in [2.05, 4.69) is 39.5 Å². The molecule has 0 amide bonds. The zero-order chi connectivity index (χ0) is 10.8. The Kier molecular flexibility index (Phi) is 3.63. The quantitative estimate of drug-likeness (QED) is 0.667. The third-order valence-electron chi connectivity index (χ3n) is 4.69. The van der Waals surface area contributed by atoms with E-state index in [-0.39, 0.29) is 0 Å². The molecule has 1 fully saturated rings. The summed E-state index contributed by atoms with van der Waals surface area (Å²) < 4.78 is 0. The van der Waals surface area contributed by atoms with Gasteiger partial charge in [0.25, 0.3) is 0 Å². The Balaban J connectivity index is 2.71. The first kappa shape index (κ1) is 12.0. The van der Waals surface area contributed by atoms with Crippen LogP contribution in [0.1, 0.15) is 60.3 Å². The predicted molar refractivity (Wildman–Crippen MR) is 63.6 cm³/mol. The van der Waals surface area contributed by atoms with Crippen LogP contribution in [0.2, 0.25) is 0 Å². The first-order valence-electron chi connectivity index (χ1n) is 6.17. The van der Waals surface area contributed by atoms with Gasteiger partial charge in [0.1, 0.15) is 0 Å². The molecule has 1 aliphatic heterocycles. The predicted octanol–water partition coefficient (Wildman–Crippen LogP) is 3.69. The molecule has 0 radical (unpaired) electrons. The standard InChI is InChI=1S/C13H27N/c1-6-12(2,3)13(4,5)14-10-8-7-9-11-14/h6-11H2,1-5H3. The molecule has 0 saturated carbocycles. The van der Waals surface area contributed by atoms with Gasteiger partial charge in [-0.3, -0.25) is 4.90 Å². The lowest BCUT2D eigenvalue weighted by Gasteiger charge is -2.50. The van der Waals surface area contributed by atoms with Crippen molar-refractivity contribution >= 4 is 0 Å². The Morgan fingerprint density at radius 2 is 1.43 bits per heavy atom. The maximum absolute atomic E-state index is 2.69. The molecule has 1 rings (SSSR count). The largest absolute Gasteiger partial charge is 0.298 e. The Labute approximate surface area is 89.9 Å². The number of piperidine rings is 1. The van der Waals surface area contributed by atoms with Crippen LogP contribution in [0.25, 0.3) is 0 Å². The van der Waals surface area contributed by atoms with Crippen molar-refractivity contribution in [3.8, 4) is 0 Å². The molecule has 0 unspecified atom stereocenters. The summed E-state index contributed by atoms with van der Waals surface area (Å²) in [6, 6.07) is 0. The van der Waals surface area contributed by atoms with Gasteiger partial charge in [-0.15, -0.1) is 0 Å². The Bertz CT molecular complexity index is 176. The van der Waals surface area contributed by atoms with Crippen molar-refractivity contribution < 1.29 is 0 Å². The van der Waals surface area contributed by atoms with Crippen LogP contribution in [0.3, 0.4) is 0 Å². The van der Waals surface area contributed by atoms with Crippen molar-refractivity contribution in [2.45, 2.75) is 65.8 Å². The Morgan fingerprint density at radius 1 is 0.929 bits per heavy atom. The summed E-state index contributed by atoms with van der Waals surface area (Å²) in [7, 11) is 0. The zero-order valence-corrected chi connectivity index (χ0v) is 10.7. The number of hydrogen-bond donors (Lipinski definition) is 0. The van der Waals surface area contributed by atoms with Gasteiger partial charge in [-0.05, 0) is 51.6 Å². The van der Waals surface area contributed by atoms with E-state index >= 15 is 0 Å². The fourth-order valence-corrected chi connectivity index (χ4v) is 2.31. The summed E-state index contributed by atoms with van der Waals surface area (Å²) in [5, 5.41) is 0. The van der Waals surface area contributed by atoms with Crippen molar-refractivity contribution in [2.75, 3.05) is 13.1 Å². The van der Waals surface area contributed by atoms with Gasteiger partial charge < -0.3 is 0 Å². The fraction of sp³-hybridized carbons (Fsp3) is 1.00. The minimum absolute atomic E-state index is 0.349.